The van der Waals surface area contributed by atoms with Gasteiger partial charge in [-0.05, 0) is 0 Å². The van der Waals surface area contributed by atoms with Crippen LogP contribution in [0.1, 0.15) is 11.9 Å². The zero-order chi connectivity index (χ0) is 14.9. The van der Waals surface area contributed by atoms with Gasteiger partial charge in [-0.2, -0.15) is 5.10 Å². The van der Waals surface area contributed by atoms with Crippen LogP contribution >= 0.6 is 11.3 Å². The molecule has 2 aromatic carbocycles. The van der Waals surface area contributed by atoms with E-state index >= 15 is 0 Å². The Hall–Kier alpha value is -2.06. The fourth-order valence-corrected chi connectivity index (χ4v) is 3.21. The molecule has 0 atom stereocenters. The number of aromatic nitrogens is 4. The summed E-state index contributed by atoms with van der Waals surface area (Å²) in [5.74, 6) is 0. The van der Waals surface area contributed by atoms with E-state index < -0.39 is 0 Å². The standard InChI is InChI=1S/C17H13N4S.Li/c1-12(21-16-10-6-5-9-14(16)19-20-21)17-18-15(11-22-17)13-7-3-2-4-8-13;/h2-11H,1H3;/q-1;+1. The molecule has 0 fully saturated rings. The van der Waals surface area contributed by atoms with E-state index in [2.05, 4.69) is 27.8 Å². The Morgan fingerprint density at radius 2 is 1.74 bits per heavy atom. The number of nitrogens with zero attached hydrogens (tertiary/aromatic N) is 4. The molecule has 4 aromatic rings. The van der Waals surface area contributed by atoms with Crippen molar-refractivity contribution in [1.82, 2.24) is 20.0 Å². The van der Waals surface area contributed by atoms with Crippen LogP contribution < -0.4 is 18.9 Å². The molecule has 0 saturated carbocycles. The van der Waals surface area contributed by atoms with Crippen LogP contribution in [0.2, 0.25) is 0 Å². The molecular formula is C17H13LiN4S. The fourth-order valence-electron chi connectivity index (χ4n) is 2.39. The largest absolute Gasteiger partial charge is 1.00 e. The van der Waals surface area contributed by atoms with Crippen molar-refractivity contribution in [3.8, 4) is 11.3 Å². The Kier molecular flexibility index (Phi) is 4.53. The van der Waals surface area contributed by atoms with Crippen molar-refractivity contribution in [2.24, 2.45) is 0 Å². The first kappa shape index (κ1) is 15.8. The summed E-state index contributed by atoms with van der Waals surface area (Å²) in [4.78, 5) is 4.74. The van der Waals surface area contributed by atoms with E-state index in [9.17, 15) is 0 Å². The first-order chi connectivity index (χ1) is 10.8. The van der Waals surface area contributed by atoms with Crippen LogP contribution in [-0.4, -0.2) is 20.0 Å². The van der Waals surface area contributed by atoms with Crippen LogP contribution in [0.15, 0.2) is 60.0 Å². The maximum Gasteiger partial charge on any atom is 1.00 e. The Morgan fingerprint density at radius 1 is 1.00 bits per heavy atom. The van der Waals surface area contributed by atoms with E-state index in [1.54, 1.807) is 11.3 Å². The SMILES string of the molecule is C[C-](c1nc(-c2ccccc2)cs1)n1nnc2ccccc21.[Li+]. The number of thiazole rings is 1. The number of rotatable bonds is 3. The van der Waals surface area contributed by atoms with Crippen molar-refractivity contribution in [3.05, 3.63) is 71.0 Å². The molecule has 0 saturated heterocycles. The van der Waals surface area contributed by atoms with Crippen LogP contribution in [-0.2, 0) is 0 Å². The smallest absolute Gasteiger partial charge is 0.369 e. The summed E-state index contributed by atoms with van der Waals surface area (Å²) >= 11 is 1.62. The zero-order valence-electron chi connectivity index (χ0n) is 13.0. The van der Waals surface area contributed by atoms with Gasteiger partial charge in [0, 0.05) is 16.5 Å². The number of para-hydroxylation sites is 1. The van der Waals surface area contributed by atoms with E-state index in [1.165, 1.54) is 0 Å². The van der Waals surface area contributed by atoms with Gasteiger partial charge >= 0.3 is 18.9 Å². The van der Waals surface area contributed by atoms with Crippen LogP contribution in [0.3, 0.4) is 0 Å². The summed E-state index contributed by atoms with van der Waals surface area (Å²) in [5, 5.41) is 11.5. The summed E-state index contributed by atoms with van der Waals surface area (Å²) in [6, 6.07) is 19.1. The summed E-state index contributed by atoms with van der Waals surface area (Å²) in [7, 11) is 0. The fraction of sp³-hybridized carbons (Fsp3) is 0.0588. The second kappa shape index (κ2) is 6.59. The monoisotopic (exact) mass is 312 g/mol. The summed E-state index contributed by atoms with van der Waals surface area (Å²) in [5.41, 5.74) is 4.00. The third kappa shape index (κ3) is 2.91. The van der Waals surface area contributed by atoms with E-state index in [1.807, 2.05) is 54.1 Å². The molecular weight excluding hydrogens is 299 g/mol. The van der Waals surface area contributed by atoms with Crippen molar-refractivity contribution >= 4 is 22.4 Å². The number of hydrogen-bond acceptors (Lipinski definition) is 4. The van der Waals surface area contributed by atoms with Crippen molar-refractivity contribution in [3.63, 3.8) is 0 Å². The van der Waals surface area contributed by atoms with E-state index in [4.69, 9.17) is 4.98 Å². The van der Waals surface area contributed by atoms with Crippen LogP contribution in [0.4, 0.5) is 0 Å². The van der Waals surface area contributed by atoms with Crippen molar-refractivity contribution in [2.45, 2.75) is 6.92 Å². The van der Waals surface area contributed by atoms with Gasteiger partial charge < -0.3 is 4.68 Å². The molecule has 2 heterocycles. The Morgan fingerprint density at radius 3 is 2.57 bits per heavy atom. The maximum absolute atomic E-state index is 4.74. The third-order valence-corrected chi connectivity index (χ3v) is 4.50. The molecule has 2 aromatic heterocycles. The molecule has 0 radical (unpaired) electrons. The van der Waals surface area contributed by atoms with E-state index in [0.717, 1.165) is 33.3 Å². The minimum Gasteiger partial charge on any atom is -0.369 e. The topological polar surface area (TPSA) is 43.6 Å². The summed E-state index contributed by atoms with van der Waals surface area (Å²) in [6.07, 6.45) is 0. The van der Waals surface area contributed by atoms with Crippen molar-refractivity contribution in [2.75, 3.05) is 0 Å². The van der Waals surface area contributed by atoms with Gasteiger partial charge in [-0.15, -0.1) is 17.4 Å². The molecule has 0 aliphatic carbocycles. The number of fused-ring (bicyclic) bond motifs is 1. The molecule has 4 rings (SSSR count). The van der Waals surface area contributed by atoms with Crippen LogP contribution in [0.5, 0.6) is 0 Å². The first-order valence-electron chi connectivity index (χ1n) is 6.98. The normalized spacial score (nSPS) is 10.5. The second-order valence-electron chi connectivity index (χ2n) is 4.98. The quantitative estimate of drug-likeness (QED) is 0.419. The van der Waals surface area contributed by atoms with Crippen LogP contribution in [0.25, 0.3) is 22.3 Å². The molecule has 6 heteroatoms. The van der Waals surface area contributed by atoms with E-state index in [0.29, 0.717) is 0 Å². The average molecular weight is 312 g/mol. The first-order valence-corrected chi connectivity index (χ1v) is 7.86. The predicted molar refractivity (Wildman–Crippen MR) is 88.5 cm³/mol. The Bertz CT molecular complexity index is 916. The number of hydrogen-bond donors (Lipinski definition) is 0. The molecule has 0 spiro atoms. The molecule has 0 aliphatic rings. The molecule has 0 aliphatic heterocycles. The minimum absolute atomic E-state index is 0. The minimum atomic E-state index is 0. The predicted octanol–water partition coefficient (Wildman–Crippen LogP) is 1.01. The van der Waals surface area contributed by atoms with Crippen molar-refractivity contribution in [1.29, 1.82) is 0 Å². The van der Waals surface area contributed by atoms with Gasteiger partial charge in [-0.25, -0.2) is 0 Å². The maximum atomic E-state index is 4.74. The number of benzene rings is 2. The van der Waals surface area contributed by atoms with Gasteiger partial charge in [-0.1, -0.05) is 72.2 Å². The Labute approximate surface area is 150 Å². The van der Waals surface area contributed by atoms with Gasteiger partial charge in [0.05, 0.1) is 10.7 Å². The average Bonchev–Trinajstić information content (AvgIpc) is 3.22. The van der Waals surface area contributed by atoms with Gasteiger partial charge in [0.2, 0.25) is 0 Å². The molecule has 0 unspecified atom stereocenters. The van der Waals surface area contributed by atoms with Gasteiger partial charge in [0.1, 0.15) is 0 Å². The molecule has 0 N–H and O–H groups in total. The second-order valence-corrected chi connectivity index (χ2v) is 5.84. The molecule has 0 bridgehead atoms. The van der Waals surface area contributed by atoms with Crippen LogP contribution in [0, 0.1) is 6.04 Å². The Balaban J connectivity index is 0.00000156. The van der Waals surface area contributed by atoms with Gasteiger partial charge in [-0.3, -0.25) is 4.98 Å². The van der Waals surface area contributed by atoms with Gasteiger partial charge in [0.25, 0.3) is 0 Å². The van der Waals surface area contributed by atoms with E-state index in [-0.39, 0.29) is 18.9 Å². The zero-order valence-corrected chi connectivity index (χ0v) is 13.8. The molecule has 23 heavy (non-hydrogen) atoms. The summed E-state index contributed by atoms with van der Waals surface area (Å²) < 4.78 is 1.85. The molecule has 108 valence electrons. The molecule has 4 nitrogen and oxygen atoms in total. The van der Waals surface area contributed by atoms with Crippen molar-refractivity contribution < 1.29 is 18.9 Å². The third-order valence-electron chi connectivity index (χ3n) is 3.55. The molecule has 0 amide bonds. The van der Waals surface area contributed by atoms with Gasteiger partial charge in [0.15, 0.2) is 0 Å². The summed E-state index contributed by atoms with van der Waals surface area (Å²) in [6.45, 7) is 2.02.